The summed E-state index contributed by atoms with van der Waals surface area (Å²) in [7, 11) is 0. The molecule has 1 saturated heterocycles. The highest BCUT2D eigenvalue weighted by Gasteiger charge is 2.23. The van der Waals surface area contributed by atoms with Gasteiger partial charge in [0.25, 0.3) is 5.91 Å². The quantitative estimate of drug-likeness (QED) is 0.767. The highest BCUT2D eigenvalue weighted by Crippen LogP contribution is 2.18. The zero-order chi connectivity index (χ0) is 12.3. The van der Waals surface area contributed by atoms with Crippen LogP contribution in [0.4, 0.5) is 0 Å². The molecule has 1 aliphatic heterocycles. The number of piperidine rings is 1. The summed E-state index contributed by atoms with van der Waals surface area (Å²) in [5.41, 5.74) is 0.632. The summed E-state index contributed by atoms with van der Waals surface area (Å²) in [5.74, 6) is -0.0402. The lowest BCUT2D eigenvalue weighted by Gasteiger charge is -2.29. The summed E-state index contributed by atoms with van der Waals surface area (Å²) in [4.78, 5) is 13.9. The number of carbonyl (C=O) groups is 1. The molecule has 0 spiro atoms. The number of hydrogen-bond acceptors (Lipinski definition) is 2. The van der Waals surface area contributed by atoms with Crippen LogP contribution in [0.1, 0.15) is 23.2 Å². The van der Waals surface area contributed by atoms with Gasteiger partial charge in [-0.1, -0.05) is 11.6 Å². The van der Waals surface area contributed by atoms with Crippen molar-refractivity contribution in [1.29, 1.82) is 5.26 Å². The molecular formula is C13H13ClN2O. The van der Waals surface area contributed by atoms with Crippen molar-refractivity contribution in [3.05, 3.63) is 34.9 Å². The highest BCUT2D eigenvalue weighted by atomic mass is 35.5. The molecule has 1 aromatic rings. The molecule has 0 aromatic heterocycles. The molecule has 4 heteroatoms. The second kappa shape index (κ2) is 5.20. The van der Waals surface area contributed by atoms with Crippen molar-refractivity contribution in [2.24, 2.45) is 5.92 Å². The topological polar surface area (TPSA) is 44.1 Å². The Morgan fingerprint density at radius 2 is 2.12 bits per heavy atom. The summed E-state index contributed by atoms with van der Waals surface area (Å²) in [5, 5.41) is 9.51. The van der Waals surface area contributed by atoms with E-state index in [1.807, 2.05) is 0 Å². The summed E-state index contributed by atoms with van der Waals surface area (Å²) >= 11 is 5.78. The molecule has 1 unspecified atom stereocenters. The smallest absolute Gasteiger partial charge is 0.253 e. The van der Waals surface area contributed by atoms with Gasteiger partial charge >= 0.3 is 0 Å². The van der Waals surface area contributed by atoms with E-state index in [0.29, 0.717) is 17.1 Å². The molecule has 0 radical (unpaired) electrons. The maximum Gasteiger partial charge on any atom is 0.253 e. The van der Waals surface area contributed by atoms with Gasteiger partial charge in [0.2, 0.25) is 0 Å². The van der Waals surface area contributed by atoms with Gasteiger partial charge in [0, 0.05) is 23.7 Å². The fourth-order valence-electron chi connectivity index (χ4n) is 2.04. The van der Waals surface area contributed by atoms with Crippen molar-refractivity contribution in [2.45, 2.75) is 12.8 Å². The number of nitriles is 1. The first kappa shape index (κ1) is 11.9. The van der Waals surface area contributed by atoms with Gasteiger partial charge in [-0.2, -0.15) is 5.26 Å². The van der Waals surface area contributed by atoms with Gasteiger partial charge in [0.05, 0.1) is 12.0 Å². The molecule has 1 amide bonds. The van der Waals surface area contributed by atoms with E-state index in [1.54, 1.807) is 29.2 Å². The number of rotatable bonds is 1. The van der Waals surface area contributed by atoms with E-state index in [9.17, 15) is 4.79 Å². The van der Waals surface area contributed by atoms with Crippen LogP contribution in [0.15, 0.2) is 24.3 Å². The second-order valence-corrected chi connectivity index (χ2v) is 4.66. The molecule has 88 valence electrons. The molecule has 0 aliphatic carbocycles. The molecule has 1 aliphatic rings. The average Bonchev–Trinajstić information content (AvgIpc) is 2.39. The van der Waals surface area contributed by atoms with E-state index in [0.717, 1.165) is 19.4 Å². The van der Waals surface area contributed by atoms with Gasteiger partial charge in [0.1, 0.15) is 0 Å². The van der Waals surface area contributed by atoms with Crippen LogP contribution in [-0.2, 0) is 0 Å². The number of nitrogens with zero attached hydrogens (tertiary/aromatic N) is 2. The summed E-state index contributed by atoms with van der Waals surface area (Å²) in [6, 6.07) is 9.10. The minimum atomic E-state index is -0.0278. The predicted molar refractivity (Wildman–Crippen MR) is 65.7 cm³/mol. The molecule has 1 heterocycles. The van der Waals surface area contributed by atoms with Crippen molar-refractivity contribution >= 4 is 17.5 Å². The van der Waals surface area contributed by atoms with Crippen molar-refractivity contribution in [3.8, 4) is 6.07 Å². The Morgan fingerprint density at radius 3 is 2.76 bits per heavy atom. The maximum absolute atomic E-state index is 12.1. The van der Waals surface area contributed by atoms with Gasteiger partial charge < -0.3 is 4.90 Å². The Labute approximate surface area is 106 Å². The second-order valence-electron chi connectivity index (χ2n) is 4.23. The van der Waals surface area contributed by atoms with E-state index in [2.05, 4.69) is 6.07 Å². The third-order valence-corrected chi connectivity index (χ3v) is 3.23. The van der Waals surface area contributed by atoms with E-state index in [-0.39, 0.29) is 11.8 Å². The minimum absolute atomic E-state index is 0.0124. The third-order valence-electron chi connectivity index (χ3n) is 2.98. The van der Waals surface area contributed by atoms with Crippen LogP contribution in [0.2, 0.25) is 5.02 Å². The zero-order valence-corrected chi connectivity index (χ0v) is 10.2. The van der Waals surface area contributed by atoms with Crippen molar-refractivity contribution in [3.63, 3.8) is 0 Å². The number of carbonyl (C=O) groups excluding carboxylic acids is 1. The third kappa shape index (κ3) is 2.78. The lowest BCUT2D eigenvalue weighted by molar-refractivity contribution is 0.0699. The first-order chi connectivity index (χ1) is 8.20. The van der Waals surface area contributed by atoms with Gasteiger partial charge in [-0.05, 0) is 37.1 Å². The first-order valence-electron chi connectivity index (χ1n) is 5.65. The molecule has 2 rings (SSSR count). The fraction of sp³-hybridized carbons (Fsp3) is 0.385. The Hall–Kier alpha value is -1.53. The summed E-state index contributed by atoms with van der Waals surface area (Å²) < 4.78 is 0. The molecule has 1 aromatic carbocycles. The number of halogens is 1. The van der Waals surface area contributed by atoms with Crippen LogP contribution < -0.4 is 0 Å². The lowest BCUT2D eigenvalue weighted by Crippen LogP contribution is -2.39. The molecule has 0 N–H and O–H groups in total. The van der Waals surface area contributed by atoms with E-state index >= 15 is 0 Å². The Bertz CT molecular complexity index is 449. The molecular weight excluding hydrogens is 236 g/mol. The van der Waals surface area contributed by atoms with Crippen molar-refractivity contribution in [1.82, 2.24) is 4.90 Å². The van der Waals surface area contributed by atoms with Crippen LogP contribution in [0.3, 0.4) is 0 Å². The maximum atomic E-state index is 12.1. The van der Waals surface area contributed by atoms with Gasteiger partial charge in [-0.15, -0.1) is 0 Å². The monoisotopic (exact) mass is 248 g/mol. The lowest BCUT2D eigenvalue weighted by atomic mass is 9.99. The number of hydrogen-bond donors (Lipinski definition) is 0. The molecule has 17 heavy (non-hydrogen) atoms. The Kier molecular flexibility index (Phi) is 3.65. The molecule has 0 bridgehead atoms. The van der Waals surface area contributed by atoms with Crippen LogP contribution in [-0.4, -0.2) is 23.9 Å². The van der Waals surface area contributed by atoms with Crippen molar-refractivity contribution in [2.75, 3.05) is 13.1 Å². The zero-order valence-electron chi connectivity index (χ0n) is 9.40. The van der Waals surface area contributed by atoms with E-state index in [1.165, 1.54) is 0 Å². The van der Waals surface area contributed by atoms with Crippen LogP contribution in [0.25, 0.3) is 0 Å². The van der Waals surface area contributed by atoms with Crippen LogP contribution >= 0.6 is 11.6 Å². The number of likely N-dealkylation sites (tertiary alicyclic amines) is 1. The van der Waals surface area contributed by atoms with E-state index < -0.39 is 0 Å². The molecule has 1 atom stereocenters. The summed E-state index contributed by atoms with van der Waals surface area (Å²) in [6.45, 7) is 1.28. The first-order valence-corrected chi connectivity index (χ1v) is 6.03. The Balaban J connectivity index is 2.09. The molecule has 3 nitrogen and oxygen atoms in total. The average molecular weight is 249 g/mol. The molecule has 0 saturated carbocycles. The largest absolute Gasteiger partial charge is 0.337 e. The van der Waals surface area contributed by atoms with E-state index in [4.69, 9.17) is 16.9 Å². The van der Waals surface area contributed by atoms with Gasteiger partial charge in [-0.3, -0.25) is 4.79 Å². The molecule has 1 fully saturated rings. The van der Waals surface area contributed by atoms with Crippen molar-refractivity contribution < 1.29 is 4.79 Å². The Morgan fingerprint density at radius 1 is 1.41 bits per heavy atom. The number of benzene rings is 1. The van der Waals surface area contributed by atoms with Gasteiger partial charge in [0.15, 0.2) is 0 Å². The fourth-order valence-corrected chi connectivity index (χ4v) is 2.17. The minimum Gasteiger partial charge on any atom is -0.337 e. The standard InChI is InChI=1S/C13H13ClN2O/c14-12-5-3-11(4-6-12)13(17)16-7-1-2-10(8-15)9-16/h3-6,10H,1-2,7,9H2. The number of amides is 1. The van der Waals surface area contributed by atoms with Crippen LogP contribution in [0.5, 0.6) is 0 Å². The van der Waals surface area contributed by atoms with Gasteiger partial charge in [-0.25, -0.2) is 0 Å². The normalized spacial score (nSPS) is 19.8. The highest BCUT2D eigenvalue weighted by molar-refractivity contribution is 6.30. The van der Waals surface area contributed by atoms with Crippen LogP contribution in [0, 0.1) is 17.2 Å². The summed E-state index contributed by atoms with van der Waals surface area (Å²) in [6.07, 6.45) is 1.79. The predicted octanol–water partition coefficient (Wildman–Crippen LogP) is 2.72. The SMILES string of the molecule is N#CC1CCCN(C(=O)c2ccc(Cl)cc2)C1.